The second kappa shape index (κ2) is 8.92. The molecular weight excluding hydrogens is 394 g/mol. The minimum absolute atomic E-state index is 0.0412. The lowest BCUT2D eigenvalue weighted by molar-refractivity contribution is -0.138. The number of nitrogens with one attached hydrogen (secondary N) is 1. The molecule has 0 saturated carbocycles. The molecule has 0 heterocycles. The summed E-state index contributed by atoms with van der Waals surface area (Å²) in [5, 5.41) is 11.8. The molecule has 0 unspecified atom stereocenters. The molecular formula is C21H23NO4S2. The average Bonchev–Trinajstić information content (AvgIpc) is 3.00. The third-order valence-corrected chi connectivity index (χ3v) is 7.76. The van der Waals surface area contributed by atoms with Gasteiger partial charge in [-0.2, -0.15) is 0 Å². The lowest BCUT2D eigenvalue weighted by Crippen LogP contribution is -2.29. The molecule has 2 aromatic rings. The van der Waals surface area contributed by atoms with Crippen LogP contribution in [0, 0.1) is 0 Å². The molecule has 0 aliphatic heterocycles. The molecule has 7 heteroatoms. The number of carboxylic acids is 1. The van der Waals surface area contributed by atoms with Crippen LogP contribution in [0.3, 0.4) is 0 Å². The third kappa shape index (κ3) is 4.64. The first-order valence-electron chi connectivity index (χ1n) is 9.03. The summed E-state index contributed by atoms with van der Waals surface area (Å²) < 4.78 is 4.61. The largest absolute Gasteiger partial charge is 0.480 e. The molecule has 1 aliphatic rings. The highest BCUT2D eigenvalue weighted by atomic mass is 33.1. The first-order valence-corrected chi connectivity index (χ1v) is 11.3. The van der Waals surface area contributed by atoms with Gasteiger partial charge in [0.25, 0.3) is 0 Å². The van der Waals surface area contributed by atoms with Crippen molar-refractivity contribution in [3.63, 3.8) is 0 Å². The van der Waals surface area contributed by atoms with Crippen LogP contribution >= 0.6 is 21.6 Å². The SMILES string of the molecule is CC(C)(SSCCNC(=O)OCC1c2ccccc2-c2ccccc21)C(=O)O. The summed E-state index contributed by atoms with van der Waals surface area (Å²) in [5.74, 6) is -0.208. The number of fused-ring (bicyclic) bond motifs is 3. The van der Waals surface area contributed by atoms with Crippen molar-refractivity contribution in [2.75, 3.05) is 18.9 Å². The van der Waals surface area contributed by atoms with Crippen LogP contribution in [0.5, 0.6) is 0 Å². The molecule has 0 fully saturated rings. The van der Waals surface area contributed by atoms with Crippen LogP contribution in [0.2, 0.25) is 0 Å². The molecule has 0 radical (unpaired) electrons. The highest BCUT2D eigenvalue weighted by molar-refractivity contribution is 8.77. The topological polar surface area (TPSA) is 75.6 Å². The van der Waals surface area contributed by atoms with Gasteiger partial charge >= 0.3 is 12.1 Å². The Hall–Kier alpha value is -2.12. The van der Waals surface area contributed by atoms with Gasteiger partial charge in [-0.3, -0.25) is 4.79 Å². The second-order valence-corrected chi connectivity index (χ2v) is 10.0. The molecule has 1 amide bonds. The molecule has 0 saturated heterocycles. The fourth-order valence-electron chi connectivity index (χ4n) is 3.07. The van der Waals surface area contributed by atoms with Crippen molar-refractivity contribution in [2.24, 2.45) is 0 Å². The van der Waals surface area contributed by atoms with Crippen LogP contribution in [0.1, 0.15) is 30.9 Å². The summed E-state index contributed by atoms with van der Waals surface area (Å²) in [5.41, 5.74) is 4.75. The smallest absolute Gasteiger partial charge is 0.407 e. The van der Waals surface area contributed by atoms with Crippen LogP contribution < -0.4 is 5.32 Å². The molecule has 28 heavy (non-hydrogen) atoms. The molecule has 2 aromatic carbocycles. The number of amides is 1. The Morgan fingerprint density at radius 2 is 1.64 bits per heavy atom. The Morgan fingerprint density at radius 1 is 1.07 bits per heavy atom. The van der Waals surface area contributed by atoms with E-state index in [-0.39, 0.29) is 12.5 Å². The lowest BCUT2D eigenvalue weighted by atomic mass is 9.98. The minimum Gasteiger partial charge on any atom is -0.480 e. The summed E-state index contributed by atoms with van der Waals surface area (Å²) in [4.78, 5) is 23.1. The monoisotopic (exact) mass is 417 g/mol. The standard InChI is InChI=1S/C21H23NO4S2/c1-21(2,19(23)24)28-27-12-11-22-20(25)26-13-18-16-9-5-3-7-14(16)15-8-4-6-10-17(15)18/h3-10,18H,11-13H2,1-2H3,(H,22,25)(H,23,24). The number of ether oxygens (including phenoxy) is 1. The van der Waals surface area contributed by atoms with Gasteiger partial charge in [-0.1, -0.05) is 70.1 Å². The molecule has 148 valence electrons. The normalized spacial score (nSPS) is 12.9. The maximum absolute atomic E-state index is 12.0. The molecule has 0 aromatic heterocycles. The Bertz CT molecular complexity index is 823. The molecule has 0 spiro atoms. The number of hydrogen-bond acceptors (Lipinski definition) is 5. The number of alkyl carbamates (subject to hydrolysis) is 1. The van der Waals surface area contributed by atoms with Crippen LogP contribution in [0.25, 0.3) is 11.1 Å². The van der Waals surface area contributed by atoms with E-state index in [4.69, 9.17) is 9.84 Å². The summed E-state index contributed by atoms with van der Waals surface area (Å²) in [6, 6.07) is 16.4. The Kier molecular flexibility index (Phi) is 6.57. The van der Waals surface area contributed by atoms with E-state index in [9.17, 15) is 9.59 Å². The second-order valence-electron chi connectivity index (χ2n) is 6.97. The average molecular weight is 418 g/mol. The molecule has 0 atom stereocenters. The van der Waals surface area contributed by atoms with Gasteiger partial charge in [0.05, 0.1) is 0 Å². The number of carbonyl (C=O) groups excluding carboxylic acids is 1. The van der Waals surface area contributed by atoms with E-state index in [0.29, 0.717) is 12.3 Å². The van der Waals surface area contributed by atoms with Gasteiger partial charge in [-0.25, -0.2) is 4.79 Å². The Balaban J connectivity index is 1.47. The third-order valence-electron chi connectivity index (χ3n) is 4.58. The van der Waals surface area contributed by atoms with Crippen molar-refractivity contribution < 1.29 is 19.4 Å². The maximum Gasteiger partial charge on any atom is 0.407 e. The zero-order valence-corrected chi connectivity index (χ0v) is 17.4. The highest BCUT2D eigenvalue weighted by Crippen LogP contribution is 2.44. The Labute approximate surface area is 172 Å². The molecule has 0 bridgehead atoms. The van der Waals surface area contributed by atoms with E-state index in [2.05, 4.69) is 29.6 Å². The fraction of sp³-hybridized carbons (Fsp3) is 0.333. The van der Waals surface area contributed by atoms with Gasteiger partial charge in [-0.15, -0.1) is 0 Å². The minimum atomic E-state index is -0.853. The van der Waals surface area contributed by atoms with E-state index in [1.807, 2.05) is 24.3 Å². The first-order chi connectivity index (χ1) is 13.4. The van der Waals surface area contributed by atoms with Crippen molar-refractivity contribution in [1.82, 2.24) is 5.32 Å². The van der Waals surface area contributed by atoms with Gasteiger partial charge in [0.2, 0.25) is 0 Å². The summed E-state index contributed by atoms with van der Waals surface area (Å²) in [6.45, 7) is 4.02. The van der Waals surface area contributed by atoms with Gasteiger partial charge in [0.15, 0.2) is 0 Å². The fourth-order valence-corrected chi connectivity index (χ4v) is 5.30. The van der Waals surface area contributed by atoms with E-state index in [1.165, 1.54) is 43.8 Å². The van der Waals surface area contributed by atoms with Crippen molar-refractivity contribution in [3.05, 3.63) is 59.7 Å². The van der Waals surface area contributed by atoms with Gasteiger partial charge < -0.3 is 15.2 Å². The summed E-state index contributed by atoms with van der Waals surface area (Å²) >= 11 is 0. The molecule has 2 N–H and O–H groups in total. The zero-order chi connectivity index (χ0) is 20.1. The molecule has 3 rings (SSSR count). The van der Waals surface area contributed by atoms with E-state index in [0.717, 1.165) is 0 Å². The number of hydrogen-bond donors (Lipinski definition) is 2. The van der Waals surface area contributed by atoms with Gasteiger partial charge in [-0.05, 0) is 36.1 Å². The summed E-state index contributed by atoms with van der Waals surface area (Å²) in [7, 11) is 2.70. The predicted octanol–water partition coefficient (Wildman–Crippen LogP) is 4.77. The Morgan fingerprint density at radius 3 is 2.21 bits per heavy atom. The molecule has 5 nitrogen and oxygen atoms in total. The van der Waals surface area contributed by atoms with E-state index < -0.39 is 16.8 Å². The van der Waals surface area contributed by atoms with E-state index >= 15 is 0 Å². The van der Waals surface area contributed by atoms with Crippen LogP contribution in [0.15, 0.2) is 48.5 Å². The zero-order valence-electron chi connectivity index (χ0n) is 15.8. The molecule has 1 aliphatic carbocycles. The van der Waals surface area contributed by atoms with Crippen molar-refractivity contribution in [3.8, 4) is 11.1 Å². The van der Waals surface area contributed by atoms with Crippen molar-refractivity contribution >= 4 is 33.7 Å². The predicted molar refractivity (Wildman–Crippen MR) is 115 cm³/mol. The maximum atomic E-state index is 12.0. The number of carboxylic acid groups (broad SMARTS) is 1. The first kappa shape index (κ1) is 20.6. The number of rotatable bonds is 8. The quantitative estimate of drug-likeness (QED) is 0.476. The number of aliphatic carboxylic acids is 1. The van der Waals surface area contributed by atoms with Crippen LogP contribution in [0.4, 0.5) is 4.79 Å². The summed E-state index contributed by atoms with van der Waals surface area (Å²) in [6.07, 6.45) is -0.454. The van der Waals surface area contributed by atoms with Gasteiger partial charge in [0, 0.05) is 18.2 Å². The van der Waals surface area contributed by atoms with E-state index in [1.54, 1.807) is 13.8 Å². The number of carbonyl (C=O) groups is 2. The van der Waals surface area contributed by atoms with Crippen LogP contribution in [-0.4, -0.2) is 40.8 Å². The van der Waals surface area contributed by atoms with Gasteiger partial charge in [0.1, 0.15) is 11.4 Å². The van der Waals surface area contributed by atoms with Crippen LogP contribution in [-0.2, 0) is 9.53 Å². The highest BCUT2D eigenvalue weighted by Gasteiger charge is 2.29. The number of benzene rings is 2. The van der Waals surface area contributed by atoms with Crippen molar-refractivity contribution in [1.29, 1.82) is 0 Å². The lowest BCUT2D eigenvalue weighted by Gasteiger charge is -2.17. The van der Waals surface area contributed by atoms with Crippen molar-refractivity contribution in [2.45, 2.75) is 24.5 Å².